The summed E-state index contributed by atoms with van der Waals surface area (Å²) >= 11 is 0. The van der Waals surface area contributed by atoms with E-state index in [1.54, 1.807) is 18.2 Å². The molecule has 0 amide bonds. The maximum atomic E-state index is 12.9. The van der Waals surface area contributed by atoms with Gasteiger partial charge in [-0.3, -0.25) is 0 Å². The molecular formula is C11H10F2N2O. The molecule has 2 aromatic rings. The molecule has 1 aromatic heterocycles. The second-order valence-corrected chi connectivity index (χ2v) is 3.58. The molecule has 1 aromatic carbocycles. The Labute approximate surface area is 90.9 Å². The highest BCUT2D eigenvalue weighted by atomic mass is 19.3. The first kappa shape index (κ1) is 10.6. The third-order valence-corrected chi connectivity index (χ3v) is 2.20. The SMILES string of the molecule is CC(F)(F)c1ccc(-c2cc(N)no2)cc1. The summed E-state index contributed by atoms with van der Waals surface area (Å²) in [7, 11) is 0. The van der Waals surface area contributed by atoms with Crippen molar-refractivity contribution in [1.82, 2.24) is 5.16 Å². The number of aromatic nitrogens is 1. The summed E-state index contributed by atoms with van der Waals surface area (Å²) in [6.45, 7) is 0.856. The van der Waals surface area contributed by atoms with Crippen LogP contribution in [0.15, 0.2) is 34.9 Å². The Morgan fingerprint density at radius 3 is 2.31 bits per heavy atom. The highest BCUT2D eigenvalue weighted by Gasteiger charge is 2.23. The molecule has 0 aliphatic carbocycles. The number of anilines is 1. The van der Waals surface area contributed by atoms with Crippen molar-refractivity contribution >= 4 is 5.82 Å². The average molecular weight is 224 g/mol. The van der Waals surface area contributed by atoms with Crippen LogP contribution in [0.2, 0.25) is 0 Å². The minimum absolute atomic E-state index is 0.0382. The standard InChI is InChI=1S/C11H10F2N2O/c1-11(12,13)8-4-2-7(3-5-8)9-6-10(14)15-16-9/h2-6H,1H3,(H2,14,15). The normalized spacial score (nSPS) is 11.7. The van der Waals surface area contributed by atoms with E-state index in [1.165, 1.54) is 12.1 Å². The van der Waals surface area contributed by atoms with Gasteiger partial charge in [0.25, 0.3) is 5.92 Å². The van der Waals surface area contributed by atoms with Crippen molar-refractivity contribution in [2.75, 3.05) is 5.73 Å². The number of rotatable bonds is 2. The molecule has 0 atom stereocenters. The van der Waals surface area contributed by atoms with Gasteiger partial charge in [-0.05, 0) is 0 Å². The fraction of sp³-hybridized carbons (Fsp3) is 0.182. The van der Waals surface area contributed by atoms with Crippen molar-refractivity contribution in [2.24, 2.45) is 0 Å². The number of nitrogens with zero attached hydrogens (tertiary/aromatic N) is 1. The van der Waals surface area contributed by atoms with Crippen LogP contribution in [-0.4, -0.2) is 5.16 Å². The monoisotopic (exact) mass is 224 g/mol. The number of nitrogen functional groups attached to an aromatic ring is 1. The lowest BCUT2D eigenvalue weighted by Gasteiger charge is -2.10. The molecule has 0 unspecified atom stereocenters. The molecular weight excluding hydrogens is 214 g/mol. The van der Waals surface area contributed by atoms with Gasteiger partial charge in [0, 0.05) is 24.1 Å². The maximum absolute atomic E-state index is 12.9. The van der Waals surface area contributed by atoms with Gasteiger partial charge in [0.05, 0.1) is 0 Å². The van der Waals surface area contributed by atoms with Crippen molar-refractivity contribution in [3.8, 4) is 11.3 Å². The zero-order valence-corrected chi connectivity index (χ0v) is 8.58. The molecule has 0 spiro atoms. The lowest BCUT2D eigenvalue weighted by atomic mass is 10.1. The summed E-state index contributed by atoms with van der Waals surface area (Å²) in [6.07, 6.45) is 0. The molecule has 5 heteroatoms. The van der Waals surface area contributed by atoms with Crippen molar-refractivity contribution in [3.63, 3.8) is 0 Å². The van der Waals surface area contributed by atoms with Crippen LogP contribution in [0.25, 0.3) is 11.3 Å². The topological polar surface area (TPSA) is 52.0 Å². The average Bonchev–Trinajstić information content (AvgIpc) is 2.64. The van der Waals surface area contributed by atoms with E-state index in [-0.39, 0.29) is 11.4 Å². The number of nitrogens with two attached hydrogens (primary N) is 1. The number of alkyl halides is 2. The maximum Gasteiger partial charge on any atom is 0.270 e. The lowest BCUT2D eigenvalue weighted by molar-refractivity contribution is 0.0175. The van der Waals surface area contributed by atoms with E-state index < -0.39 is 5.92 Å². The summed E-state index contributed by atoms with van der Waals surface area (Å²) in [5, 5.41) is 3.52. The Morgan fingerprint density at radius 1 is 1.25 bits per heavy atom. The van der Waals surface area contributed by atoms with Crippen LogP contribution >= 0.6 is 0 Å². The molecule has 0 fully saturated rings. The van der Waals surface area contributed by atoms with Gasteiger partial charge in [0.2, 0.25) is 0 Å². The fourth-order valence-corrected chi connectivity index (χ4v) is 1.35. The quantitative estimate of drug-likeness (QED) is 0.852. The second-order valence-electron chi connectivity index (χ2n) is 3.58. The molecule has 2 N–H and O–H groups in total. The van der Waals surface area contributed by atoms with Crippen LogP contribution in [0.3, 0.4) is 0 Å². The number of benzene rings is 1. The fourth-order valence-electron chi connectivity index (χ4n) is 1.35. The Morgan fingerprint density at radius 2 is 1.88 bits per heavy atom. The van der Waals surface area contributed by atoms with E-state index in [2.05, 4.69) is 5.16 Å². The van der Waals surface area contributed by atoms with Gasteiger partial charge in [-0.25, -0.2) is 8.78 Å². The van der Waals surface area contributed by atoms with E-state index in [4.69, 9.17) is 10.3 Å². The van der Waals surface area contributed by atoms with E-state index in [0.717, 1.165) is 6.92 Å². The Hall–Kier alpha value is -1.91. The molecule has 0 aliphatic rings. The second kappa shape index (κ2) is 3.59. The summed E-state index contributed by atoms with van der Waals surface area (Å²) < 4.78 is 30.8. The largest absolute Gasteiger partial charge is 0.381 e. The summed E-state index contributed by atoms with van der Waals surface area (Å²) in [6, 6.07) is 7.35. The third kappa shape index (κ3) is 2.03. The summed E-state index contributed by atoms with van der Waals surface area (Å²) in [5.74, 6) is -2.11. The smallest absolute Gasteiger partial charge is 0.270 e. The molecule has 1 heterocycles. The van der Waals surface area contributed by atoms with Gasteiger partial charge in [0.15, 0.2) is 11.6 Å². The number of halogens is 2. The predicted molar refractivity (Wildman–Crippen MR) is 55.9 cm³/mol. The molecule has 0 saturated carbocycles. The van der Waals surface area contributed by atoms with Crippen molar-refractivity contribution in [2.45, 2.75) is 12.8 Å². The van der Waals surface area contributed by atoms with E-state index in [9.17, 15) is 8.78 Å². The van der Waals surface area contributed by atoms with Crippen LogP contribution in [0, 0.1) is 0 Å². The van der Waals surface area contributed by atoms with E-state index in [0.29, 0.717) is 11.3 Å². The Balaban J connectivity index is 2.33. The highest BCUT2D eigenvalue weighted by Crippen LogP contribution is 2.29. The lowest BCUT2D eigenvalue weighted by Crippen LogP contribution is -2.06. The zero-order valence-electron chi connectivity index (χ0n) is 8.58. The van der Waals surface area contributed by atoms with E-state index >= 15 is 0 Å². The van der Waals surface area contributed by atoms with Gasteiger partial charge in [-0.1, -0.05) is 29.4 Å². The van der Waals surface area contributed by atoms with Crippen LogP contribution < -0.4 is 5.73 Å². The predicted octanol–water partition coefficient (Wildman–Crippen LogP) is 3.04. The molecule has 2 rings (SSSR count). The zero-order chi connectivity index (χ0) is 11.8. The Bertz CT molecular complexity index is 485. The molecule has 84 valence electrons. The first-order valence-corrected chi connectivity index (χ1v) is 4.68. The van der Waals surface area contributed by atoms with Crippen LogP contribution in [0.5, 0.6) is 0 Å². The van der Waals surface area contributed by atoms with Crippen molar-refractivity contribution in [3.05, 3.63) is 35.9 Å². The Kier molecular flexibility index (Phi) is 2.38. The van der Waals surface area contributed by atoms with Gasteiger partial charge in [-0.2, -0.15) is 0 Å². The highest BCUT2D eigenvalue weighted by molar-refractivity contribution is 5.60. The van der Waals surface area contributed by atoms with Gasteiger partial charge < -0.3 is 10.3 Å². The molecule has 3 nitrogen and oxygen atoms in total. The van der Waals surface area contributed by atoms with Crippen LogP contribution in [0.4, 0.5) is 14.6 Å². The molecule has 0 saturated heterocycles. The van der Waals surface area contributed by atoms with Gasteiger partial charge in [0.1, 0.15) is 0 Å². The first-order valence-electron chi connectivity index (χ1n) is 4.68. The van der Waals surface area contributed by atoms with Crippen LogP contribution in [0.1, 0.15) is 12.5 Å². The minimum atomic E-state index is -2.83. The van der Waals surface area contributed by atoms with Gasteiger partial charge in [-0.15, -0.1) is 0 Å². The summed E-state index contributed by atoms with van der Waals surface area (Å²) in [5.41, 5.74) is 6.02. The van der Waals surface area contributed by atoms with E-state index in [1.807, 2.05) is 0 Å². The number of hydrogen-bond acceptors (Lipinski definition) is 3. The third-order valence-electron chi connectivity index (χ3n) is 2.20. The number of hydrogen-bond donors (Lipinski definition) is 1. The molecule has 0 bridgehead atoms. The summed E-state index contributed by atoms with van der Waals surface area (Å²) in [4.78, 5) is 0. The molecule has 0 radical (unpaired) electrons. The van der Waals surface area contributed by atoms with Crippen molar-refractivity contribution < 1.29 is 13.3 Å². The van der Waals surface area contributed by atoms with Crippen molar-refractivity contribution in [1.29, 1.82) is 0 Å². The van der Waals surface area contributed by atoms with Crippen LogP contribution in [-0.2, 0) is 5.92 Å². The molecule has 16 heavy (non-hydrogen) atoms. The molecule has 0 aliphatic heterocycles. The van der Waals surface area contributed by atoms with Gasteiger partial charge >= 0.3 is 0 Å². The first-order chi connectivity index (χ1) is 7.47. The minimum Gasteiger partial charge on any atom is -0.381 e.